The smallest absolute Gasteiger partial charge is 0.306 e. The summed E-state index contributed by atoms with van der Waals surface area (Å²) in [6.45, 7) is 8.81. The average molecular weight is 611 g/mol. The fraction of sp³-hybridized carbons (Fsp3) is 0.919. The van der Waals surface area contributed by atoms with E-state index in [9.17, 15) is 14.4 Å². The highest BCUT2D eigenvalue weighted by atomic mass is 16.6. The first-order valence-electron chi connectivity index (χ1n) is 18.4. The van der Waals surface area contributed by atoms with Gasteiger partial charge in [0.2, 0.25) is 0 Å². The lowest BCUT2D eigenvalue weighted by molar-refractivity contribution is -0.167. The molecule has 0 aliphatic heterocycles. The van der Waals surface area contributed by atoms with E-state index in [4.69, 9.17) is 14.2 Å². The van der Waals surface area contributed by atoms with Crippen LogP contribution in [-0.4, -0.2) is 37.2 Å². The number of ether oxygens (including phenoxy) is 3. The van der Waals surface area contributed by atoms with Gasteiger partial charge in [-0.1, -0.05) is 156 Å². The second-order valence-electron chi connectivity index (χ2n) is 13.0. The van der Waals surface area contributed by atoms with Gasteiger partial charge in [0, 0.05) is 19.3 Å². The maximum Gasteiger partial charge on any atom is 0.306 e. The third kappa shape index (κ3) is 31.6. The van der Waals surface area contributed by atoms with Gasteiger partial charge in [-0.3, -0.25) is 14.4 Å². The maximum absolute atomic E-state index is 12.5. The molecule has 0 aliphatic rings. The molecule has 0 unspecified atom stereocenters. The fourth-order valence-corrected chi connectivity index (χ4v) is 5.21. The van der Waals surface area contributed by atoms with Gasteiger partial charge < -0.3 is 14.2 Å². The van der Waals surface area contributed by atoms with E-state index in [-0.39, 0.29) is 31.1 Å². The van der Waals surface area contributed by atoms with Crippen LogP contribution in [0.4, 0.5) is 0 Å². The fourth-order valence-electron chi connectivity index (χ4n) is 5.21. The Hall–Kier alpha value is -1.59. The highest BCUT2D eigenvalue weighted by molar-refractivity contribution is 5.71. The highest BCUT2D eigenvalue weighted by Gasteiger charge is 2.19. The van der Waals surface area contributed by atoms with Gasteiger partial charge >= 0.3 is 17.9 Å². The number of hydrogen-bond donors (Lipinski definition) is 0. The predicted octanol–water partition coefficient (Wildman–Crippen LogP) is 10.8. The number of hydrogen-bond acceptors (Lipinski definition) is 6. The van der Waals surface area contributed by atoms with Gasteiger partial charge in [-0.05, 0) is 25.2 Å². The van der Waals surface area contributed by atoms with Crippen LogP contribution in [0.25, 0.3) is 0 Å². The van der Waals surface area contributed by atoms with E-state index >= 15 is 0 Å². The molecule has 6 heteroatoms. The lowest BCUT2D eigenvalue weighted by Crippen LogP contribution is -2.30. The lowest BCUT2D eigenvalue weighted by atomic mass is 10.0. The molecule has 0 spiro atoms. The molecule has 0 radical (unpaired) electrons. The van der Waals surface area contributed by atoms with Gasteiger partial charge in [-0.25, -0.2) is 0 Å². The van der Waals surface area contributed by atoms with Crippen molar-refractivity contribution in [1.82, 2.24) is 0 Å². The van der Waals surface area contributed by atoms with Crippen molar-refractivity contribution in [2.45, 2.75) is 201 Å². The molecular formula is C37H70O6. The van der Waals surface area contributed by atoms with E-state index < -0.39 is 6.10 Å². The van der Waals surface area contributed by atoms with Crippen LogP contribution >= 0.6 is 0 Å². The van der Waals surface area contributed by atoms with Crippen LogP contribution in [0, 0.1) is 5.92 Å². The van der Waals surface area contributed by atoms with E-state index in [0.29, 0.717) is 19.3 Å². The van der Waals surface area contributed by atoms with Crippen LogP contribution in [0.5, 0.6) is 0 Å². The molecule has 0 aromatic heterocycles. The number of carbonyl (C=O) groups is 3. The van der Waals surface area contributed by atoms with Crippen LogP contribution in [0.15, 0.2) is 0 Å². The molecule has 0 fully saturated rings. The summed E-state index contributed by atoms with van der Waals surface area (Å²) in [7, 11) is 0. The molecule has 0 heterocycles. The Morgan fingerprint density at radius 3 is 1.14 bits per heavy atom. The van der Waals surface area contributed by atoms with Crippen molar-refractivity contribution < 1.29 is 28.6 Å². The zero-order valence-electron chi connectivity index (χ0n) is 28.9. The van der Waals surface area contributed by atoms with E-state index in [0.717, 1.165) is 70.1 Å². The minimum Gasteiger partial charge on any atom is -0.462 e. The first kappa shape index (κ1) is 41.4. The van der Waals surface area contributed by atoms with Crippen LogP contribution in [-0.2, 0) is 28.6 Å². The summed E-state index contributed by atoms with van der Waals surface area (Å²) in [5.41, 5.74) is 0. The minimum absolute atomic E-state index is 0.0672. The van der Waals surface area contributed by atoms with Crippen LogP contribution in [0.2, 0.25) is 0 Å². The standard InChI is InChI=1S/C37H70O6/c1-5-7-9-11-12-13-14-17-22-26-30-37(40)43-34(31-41-35(38)28-24-19-10-8-6-2)32-42-36(39)29-25-21-18-15-16-20-23-27-33(3)4/h33-34H,5-32H2,1-4H3/t34-/m1/s1. The zero-order chi connectivity index (χ0) is 31.8. The highest BCUT2D eigenvalue weighted by Crippen LogP contribution is 2.14. The van der Waals surface area contributed by atoms with Crippen LogP contribution in [0.3, 0.4) is 0 Å². The summed E-state index contributed by atoms with van der Waals surface area (Å²) in [6.07, 6.45) is 26.9. The Kier molecular flexibility index (Phi) is 30.6. The summed E-state index contributed by atoms with van der Waals surface area (Å²) in [4.78, 5) is 37.1. The van der Waals surface area contributed by atoms with E-state index in [1.807, 2.05) is 0 Å². The van der Waals surface area contributed by atoms with E-state index in [1.54, 1.807) is 0 Å². The van der Waals surface area contributed by atoms with Gasteiger partial charge in [0.05, 0.1) is 0 Å². The van der Waals surface area contributed by atoms with Gasteiger partial charge in [0.1, 0.15) is 13.2 Å². The van der Waals surface area contributed by atoms with Crippen molar-refractivity contribution >= 4 is 17.9 Å². The zero-order valence-corrected chi connectivity index (χ0v) is 28.9. The van der Waals surface area contributed by atoms with E-state index in [2.05, 4.69) is 27.7 Å². The molecule has 6 nitrogen and oxygen atoms in total. The van der Waals surface area contributed by atoms with Crippen molar-refractivity contribution in [3.05, 3.63) is 0 Å². The van der Waals surface area contributed by atoms with Gasteiger partial charge in [0.25, 0.3) is 0 Å². The summed E-state index contributed by atoms with van der Waals surface area (Å²) in [5.74, 6) is -0.103. The molecule has 254 valence electrons. The van der Waals surface area contributed by atoms with Crippen molar-refractivity contribution in [2.24, 2.45) is 5.92 Å². The van der Waals surface area contributed by atoms with Gasteiger partial charge in [-0.2, -0.15) is 0 Å². The predicted molar refractivity (Wildman–Crippen MR) is 178 cm³/mol. The molecule has 1 atom stereocenters. The molecule has 0 aliphatic carbocycles. The Morgan fingerprint density at radius 1 is 0.442 bits per heavy atom. The number of unbranched alkanes of at least 4 members (excludes halogenated alkanes) is 19. The third-order valence-electron chi connectivity index (χ3n) is 8.04. The molecule has 0 rings (SSSR count). The van der Waals surface area contributed by atoms with Crippen molar-refractivity contribution in [3.8, 4) is 0 Å². The van der Waals surface area contributed by atoms with Crippen molar-refractivity contribution in [3.63, 3.8) is 0 Å². The number of carbonyl (C=O) groups excluding carboxylic acids is 3. The normalized spacial score (nSPS) is 11.9. The van der Waals surface area contributed by atoms with E-state index in [1.165, 1.54) is 83.5 Å². The van der Waals surface area contributed by atoms with Crippen LogP contribution < -0.4 is 0 Å². The van der Waals surface area contributed by atoms with Crippen molar-refractivity contribution in [1.29, 1.82) is 0 Å². The Bertz CT molecular complexity index is 647. The van der Waals surface area contributed by atoms with Gasteiger partial charge in [-0.15, -0.1) is 0 Å². The maximum atomic E-state index is 12.5. The van der Waals surface area contributed by atoms with Crippen molar-refractivity contribution in [2.75, 3.05) is 13.2 Å². The summed E-state index contributed by atoms with van der Waals surface area (Å²) < 4.78 is 16.5. The molecule has 0 saturated heterocycles. The number of rotatable bonds is 32. The molecule has 0 aromatic rings. The molecule has 0 N–H and O–H groups in total. The molecule has 0 bridgehead atoms. The average Bonchev–Trinajstić information content (AvgIpc) is 2.98. The molecule has 0 aromatic carbocycles. The lowest BCUT2D eigenvalue weighted by Gasteiger charge is -2.18. The molecule has 43 heavy (non-hydrogen) atoms. The summed E-state index contributed by atoms with van der Waals surface area (Å²) in [6, 6.07) is 0. The Labute approximate surface area is 266 Å². The van der Waals surface area contributed by atoms with Gasteiger partial charge in [0.15, 0.2) is 6.10 Å². The molecule has 0 saturated carbocycles. The second kappa shape index (κ2) is 31.8. The Morgan fingerprint density at radius 2 is 0.767 bits per heavy atom. The SMILES string of the molecule is CCCCCCCCCCCCC(=O)O[C@H](COC(=O)CCCCCCC)COC(=O)CCCCCCCCCC(C)C. The second-order valence-corrected chi connectivity index (χ2v) is 13.0. The Balaban J connectivity index is 4.30. The minimum atomic E-state index is -0.755. The third-order valence-corrected chi connectivity index (χ3v) is 8.04. The quantitative estimate of drug-likeness (QED) is 0.0428. The number of esters is 3. The molecule has 0 amide bonds. The summed E-state index contributed by atoms with van der Waals surface area (Å²) in [5, 5.41) is 0. The first-order chi connectivity index (χ1) is 20.9. The first-order valence-corrected chi connectivity index (χ1v) is 18.4. The largest absolute Gasteiger partial charge is 0.462 e. The van der Waals surface area contributed by atoms with Crippen LogP contribution in [0.1, 0.15) is 195 Å². The summed E-state index contributed by atoms with van der Waals surface area (Å²) >= 11 is 0. The monoisotopic (exact) mass is 611 g/mol. The topological polar surface area (TPSA) is 78.9 Å². The molecular weight excluding hydrogens is 540 g/mol.